The largest absolute Gasteiger partial charge is 0.487 e. The first kappa shape index (κ1) is 18.8. The van der Waals surface area contributed by atoms with Crippen LogP contribution in [0.15, 0.2) is 36.4 Å². The molecule has 30 heavy (non-hydrogen) atoms. The number of anilines is 1. The SMILES string of the molecule is O=C1Nc2ccc(F)cc2C1=C1OCc2cc(CN3CCCC(C(=O)O)C3)ccc21. The summed E-state index contributed by atoms with van der Waals surface area (Å²) in [5.74, 6) is -1.27. The number of fused-ring (bicyclic) bond motifs is 2. The minimum Gasteiger partial charge on any atom is -0.487 e. The molecule has 1 unspecified atom stereocenters. The quantitative estimate of drug-likeness (QED) is 0.761. The Labute approximate surface area is 173 Å². The van der Waals surface area contributed by atoms with Gasteiger partial charge in [-0.2, -0.15) is 0 Å². The van der Waals surface area contributed by atoms with Gasteiger partial charge in [0.1, 0.15) is 18.2 Å². The molecule has 0 radical (unpaired) electrons. The van der Waals surface area contributed by atoms with Crippen LogP contribution in [-0.2, 0) is 27.5 Å². The highest BCUT2D eigenvalue weighted by Gasteiger charge is 2.33. The van der Waals surface area contributed by atoms with Crippen molar-refractivity contribution in [2.24, 2.45) is 5.92 Å². The number of aliphatic carboxylic acids is 1. The second-order valence-corrected chi connectivity index (χ2v) is 8.04. The lowest BCUT2D eigenvalue weighted by atomic mass is 9.96. The van der Waals surface area contributed by atoms with Crippen LogP contribution in [0.2, 0.25) is 0 Å². The van der Waals surface area contributed by atoms with Gasteiger partial charge >= 0.3 is 5.97 Å². The number of hydrogen-bond acceptors (Lipinski definition) is 4. The fourth-order valence-electron chi connectivity index (χ4n) is 4.54. The van der Waals surface area contributed by atoms with Crippen molar-refractivity contribution >= 4 is 28.9 Å². The lowest BCUT2D eigenvalue weighted by molar-refractivity contribution is -0.143. The molecule has 3 aliphatic rings. The van der Waals surface area contributed by atoms with Crippen molar-refractivity contribution in [3.05, 3.63) is 64.5 Å². The normalized spacial score (nSPS) is 23.0. The summed E-state index contributed by atoms with van der Waals surface area (Å²) >= 11 is 0. The molecule has 2 N–H and O–H groups in total. The fourth-order valence-corrected chi connectivity index (χ4v) is 4.54. The molecule has 154 valence electrons. The summed E-state index contributed by atoms with van der Waals surface area (Å²) in [6.07, 6.45) is 1.61. The van der Waals surface area contributed by atoms with Crippen LogP contribution in [0.3, 0.4) is 0 Å². The number of nitrogens with zero attached hydrogens (tertiary/aromatic N) is 1. The Hall–Kier alpha value is -3.19. The maximum absolute atomic E-state index is 13.8. The molecule has 6 nitrogen and oxygen atoms in total. The summed E-state index contributed by atoms with van der Waals surface area (Å²) in [6.45, 7) is 2.46. The summed E-state index contributed by atoms with van der Waals surface area (Å²) in [5.41, 5.74) is 4.34. The number of hydrogen-bond donors (Lipinski definition) is 2. The van der Waals surface area contributed by atoms with Gasteiger partial charge < -0.3 is 15.2 Å². The molecule has 1 atom stereocenters. The minimum atomic E-state index is -0.732. The summed E-state index contributed by atoms with van der Waals surface area (Å²) in [6, 6.07) is 10.2. The molecular formula is C23H21FN2O4. The van der Waals surface area contributed by atoms with Crippen molar-refractivity contribution in [2.45, 2.75) is 26.0 Å². The number of ether oxygens (including phenoxy) is 1. The Morgan fingerprint density at radius 2 is 2.10 bits per heavy atom. The van der Waals surface area contributed by atoms with E-state index in [4.69, 9.17) is 4.74 Å². The van der Waals surface area contributed by atoms with Crippen LogP contribution in [0.25, 0.3) is 11.3 Å². The number of rotatable bonds is 3. The molecule has 2 aromatic carbocycles. The van der Waals surface area contributed by atoms with Gasteiger partial charge in [0.25, 0.3) is 5.91 Å². The maximum Gasteiger partial charge on any atom is 0.307 e. The van der Waals surface area contributed by atoms with Gasteiger partial charge in [-0.15, -0.1) is 0 Å². The highest BCUT2D eigenvalue weighted by atomic mass is 19.1. The van der Waals surface area contributed by atoms with Gasteiger partial charge in [0.15, 0.2) is 0 Å². The van der Waals surface area contributed by atoms with Gasteiger partial charge in [0.2, 0.25) is 0 Å². The third-order valence-corrected chi connectivity index (χ3v) is 6.00. The number of nitrogens with one attached hydrogen (secondary N) is 1. The van der Waals surface area contributed by atoms with Gasteiger partial charge in [0.05, 0.1) is 11.5 Å². The first-order valence-corrected chi connectivity index (χ1v) is 10.1. The zero-order valence-corrected chi connectivity index (χ0v) is 16.3. The van der Waals surface area contributed by atoms with E-state index in [9.17, 15) is 19.1 Å². The van der Waals surface area contributed by atoms with Gasteiger partial charge in [-0.05, 0) is 43.1 Å². The maximum atomic E-state index is 13.8. The Morgan fingerprint density at radius 3 is 2.93 bits per heavy atom. The number of carbonyl (C=O) groups excluding carboxylic acids is 1. The van der Waals surface area contributed by atoms with Crippen LogP contribution in [-0.4, -0.2) is 35.0 Å². The van der Waals surface area contributed by atoms with E-state index in [0.717, 1.165) is 36.1 Å². The molecule has 0 saturated carbocycles. The molecule has 0 spiro atoms. The van der Waals surface area contributed by atoms with Crippen LogP contribution in [0.5, 0.6) is 0 Å². The summed E-state index contributed by atoms with van der Waals surface area (Å²) in [5, 5.41) is 12.0. The van der Waals surface area contributed by atoms with Crippen LogP contribution in [0.1, 0.15) is 35.1 Å². The molecular weight excluding hydrogens is 387 g/mol. The fraction of sp³-hybridized carbons (Fsp3) is 0.304. The monoisotopic (exact) mass is 408 g/mol. The van der Waals surface area contributed by atoms with E-state index in [0.29, 0.717) is 42.3 Å². The number of carboxylic acid groups (broad SMARTS) is 1. The zero-order chi connectivity index (χ0) is 20.8. The summed E-state index contributed by atoms with van der Waals surface area (Å²) in [4.78, 5) is 26.0. The van der Waals surface area contributed by atoms with E-state index in [1.807, 2.05) is 18.2 Å². The first-order chi connectivity index (χ1) is 14.5. The van der Waals surface area contributed by atoms with Gasteiger partial charge in [-0.3, -0.25) is 14.5 Å². The molecule has 1 amide bonds. The number of piperidine rings is 1. The van der Waals surface area contributed by atoms with Crippen LogP contribution in [0.4, 0.5) is 10.1 Å². The first-order valence-electron chi connectivity index (χ1n) is 10.1. The number of halogens is 1. The molecule has 0 aromatic heterocycles. The van der Waals surface area contributed by atoms with Crippen molar-refractivity contribution < 1.29 is 23.8 Å². The summed E-state index contributed by atoms with van der Waals surface area (Å²) in [7, 11) is 0. The number of benzene rings is 2. The zero-order valence-electron chi connectivity index (χ0n) is 16.3. The van der Waals surface area contributed by atoms with Crippen molar-refractivity contribution in [3.63, 3.8) is 0 Å². The molecule has 7 heteroatoms. The molecule has 5 rings (SSSR count). The van der Waals surface area contributed by atoms with E-state index in [1.54, 1.807) is 6.07 Å². The Balaban J connectivity index is 1.43. The predicted molar refractivity (Wildman–Crippen MR) is 109 cm³/mol. The van der Waals surface area contributed by atoms with E-state index in [2.05, 4.69) is 10.2 Å². The molecule has 2 aromatic rings. The molecule has 3 aliphatic heterocycles. The van der Waals surface area contributed by atoms with Gasteiger partial charge in [0, 0.05) is 35.5 Å². The number of likely N-dealkylation sites (tertiary alicyclic amines) is 1. The molecule has 1 fully saturated rings. The highest BCUT2D eigenvalue weighted by molar-refractivity contribution is 6.36. The lowest BCUT2D eigenvalue weighted by Crippen LogP contribution is -2.38. The Bertz CT molecular complexity index is 1090. The van der Waals surface area contributed by atoms with Crippen LogP contribution in [0, 0.1) is 11.7 Å². The standard InChI is InChI=1S/C23H21FN2O4/c24-16-4-6-19-18(9-16)20(22(27)25-19)21-17-5-3-13(8-15(17)12-30-21)10-26-7-1-2-14(11-26)23(28)29/h3-6,8-9,14H,1-2,7,10-12H2,(H,25,27)(H,28,29). The van der Waals surface area contributed by atoms with Crippen LogP contribution >= 0.6 is 0 Å². The number of carboxylic acids is 1. The van der Waals surface area contributed by atoms with Gasteiger partial charge in [-0.1, -0.05) is 18.2 Å². The van der Waals surface area contributed by atoms with Crippen molar-refractivity contribution in [2.75, 3.05) is 18.4 Å². The molecule has 1 saturated heterocycles. The average molecular weight is 408 g/mol. The highest BCUT2D eigenvalue weighted by Crippen LogP contribution is 2.42. The minimum absolute atomic E-state index is 0.296. The average Bonchev–Trinajstić information content (AvgIpc) is 3.27. The van der Waals surface area contributed by atoms with Gasteiger partial charge in [-0.25, -0.2) is 4.39 Å². The second kappa shape index (κ2) is 7.25. The number of carbonyl (C=O) groups is 2. The molecule has 0 aliphatic carbocycles. The van der Waals surface area contributed by atoms with Crippen molar-refractivity contribution in [1.29, 1.82) is 0 Å². The van der Waals surface area contributed by atoms with Crippen molar-refractivity contribution in [3.8, 4) is 0 Å². The third kappa shape index (κ3) is 3.25. The molecule has 0 bridgehead atoms. The van der Waals surface area contributed by atoms with Crippen LogP contribution < -0.4 is 5.32 Å². The Kier molecular flexibility index (Phi) is 4.55. The van der Waals surface area contributed by atoms with E-state index in [1.165, 1.54) is 12.1 Å². The van der Waals surface area contributed by atoms with E-state index >= 15 is 0 Å². The smallest absolute Gasteiger partial charge is 0.307 e. The third-order valence-electron chi connectivity index (χ3n) is 6.00. The Morgan fingerprint density at radius 1 is 1.23 bits per heavy atom. The topological polar surface area (TPSA) is 78.9 Å². The molecule has 3 heterocycles. The van der Waals surface area contributed by atoms with E-state index in [-0.39, 0.29) is 11.8 Å². The van der Waals surface area contributed by atoms with E-state index < -0.39 is 11.8 Å². The second-order valence-electron chi connectivity index (χ2n) is 8.04. The predicted octanol–water partition coefficient (Wildman–Crippen LogP) is 3.47. The number of amides is 1. The lowest BCUT2D eigenvalue weighted by Gasteiger charge is -2.30. The summed E-state index contributed by atoms with van der Waals surface area (Å²) < 4.78 is 19.6. The van der Waals surface area contributed by atoms with Crippen molar-refractivity contribution in [1.82, 2.24) is 4.90 Å².